The summed E-state index contributed by atoms with van der Waals surface area (Å²) in [5.74, 6) is -0.356. The third-order valence-corrected chi connectivity index (χ3v) is 6.99. The number of aliphatic carboxylic acids is 1. The van der Waals surface area contributed by atoms with Gasteiger partial charge in [0.05, 0.1) is 24.3 Å². The fraction of sp³-hybridized carbons (Fsp3) is 0.391. The van der Waals surface area contributed by atoms with Crippen LogP contribution in [-0.2, 0) is 28.4 Å². The molecule has 2 heterocycles. The smallest absolute Gasteiger partial charge is 0.313 e. The molecule has 7 nitrogen and oxygen atoms in total. The van der Waals surface area contributed by atoms with E-state index in [-0.39, 0.29) is 17.2 Å². The van der Waals surface area contributed by atoms with E-state index in [1.807, 2.05) is 42.8 Å². The third kappa shape index (κ3) is 3.78. The number of carboxylic acid groups (broad SMARTS) is 1. The summed E-state index contributed by atoms with van der Waals surface area (Å²) < 4.78 is 15.5. The molecule has 0 amide bonds. The third-order valence-electron chi connectivity index (χ3n) is 5.88. The molecule has 3 rings (SSSR count). The van der Waals surface area contributed by atoms with Gasteiger partial charge in [-0.2, -0.15) is 0 Å². The van der Waals surface area contributed by atoms with Gasteiger partial charge in [-0.05, 0) is 54.4 Å². The standard InChI is InChI=1S/C23H27BrN2O5/c1-13-19(24)25(4)20-14(11-16(21(27)26(13)20)23(2,3)22(28)29)12-18(31-6)15-9-7-8-10-17(15)30-5/h7-11,18H,12H2,1-6H3,(H,28,29)/t18-/m0/s1. The predicted molar refractivity (Wildman–Crippen MR) is 122 cm³/mol. The fourth-order valence-corrected chi connectivity index (χ4v) is 4.28. The maximum Gasteiger partial charge on any atom is 0.313 e. The first kappa shape index (κ1) is 23.1. The number of imidazole rings is 1. The number of ether oxygens (including phenoxy) is 2. The van der Waals surface area contributed by atoms with Crippen molar-refractivity contribution in [2.75, 3.05) is 14.2 Å². The quantitative estimate of drug-likeness (QED) is 0.540. The minimum absolute atomic E-state index is 0.226. The van der Waals surface area contributed by atoms with Crippen LogP contribution in [0.15, 0.2) is 39.7 Å². The molecule has 31 heavy (non-hydrogen) atoms. The molecule has 0 bridgehead atoms. The van der Waals surface area contributed by atoms with E-state index < -0.39 is 11.4 Å². The van der Waals surface area contributed by atoms with Gasteiger partial charge in [-0.1, -0.05) is 18.2 Å². The first-order valence-corrected chi connectivity index (χ1v) is 10.6. The number of carboxylic acids is 1. The Bertz CT molecular complexity index is 1210. The number of aromatic nitrogens is 2. The summed E-state index contributed by atoms with van der Waals surface area (Å²) >= 11 is 3.55. The highest BCUT2D eigenvalue weighted by Gasteiger charge is 2.35. The highest BCUT2D eigenvalue weighted by molar-refractivity contribution is 9.10. The van der Waals surface area contributed by atoms with Crippen molar-refractivity contribution in [3.8, 4) is 5.75 Å². The molecule has 0 unspecified atom stereocenters. The van der Waals surface area contributed by atoms with Gasteiger partial charge in [0, 0.05) is 31.7 Å². The van der Waals surface area contributed by atoms with Crippen molar-refractivity contribution in [2.45, 2.75) is 38.7 Å². The van der Waals surface area contributed by atoms with Crippen LogP contribution in [0.3, 0.4) is 0 Å². The largest absolute Gasteiger partial charge is 0.496 e. The first-order chi connectivity index (χ1) is 14.6. The number of para-hydroxylation sites is 1. The Kier molecular flexibility index (Phi) is 6.34. The van der Waals surface area contributed by atoms with Gasteiger partial charge in [-0.25, -0.2) is 0 Å². The Labute approximate surface area is 189 Å². The van der Waals surface area contributed by atoms with Gasteiger partial charge in [0.1, 0.15) is 16.0 Å². The van der Waals surface area contributed by atoms with E-state index in [2.05, 4.69) is 15.9 Å². The molecule has 0 aliphatic heterocycles. The van der Waals surface area contributed by atoms with Crippen molar-refractivity contribution in [1.29, 1.82) is 0 Å². The summed E-state index contributed by atoms with van der Waals surface area (Å²) in [6.45, 7) is 4.92. The number of benzene rings is 1. The molecule has 1 atom stereocenters. The lowest BCUT2D eigenvalue weighted by molar-refractivity contribution is -0.142. The van der Waals surface area contributed by atoms with Crippen LogP contribution in [0.5, 0.6) is 5.75 Å². The number of aryl methyl sites for hydroxylation is 2. The van der Waals surface area contributed by atoms with Gasteiger partial charge in [0.2, 0.25) is 0 Å². The maximum absolute atomic E-state index is 13.4. The van der Waals surface area contributed by atoms with Crippen LogP contribution in [0.25, 0.3) is 5.65 Å². The van der Waals surface area contributed by atoms with E-state index in [4.69, 9.17) is 9.47 Å². The van der Waals surface area contributed by atoms with Crippen LogP contribution >= 0.6 is 15.9 Å². The van der Waals surface area contributed by atoms with Gasteiger partial charge < -0.3 is 19.1 Å². The highest BCUT2D eigenvalue weighted by Crippen LogP contribution is 2.33. The van der Waals surface area contributed by atoms with Crippen LogP contribution in [-0.4, -0.2) is 34.3 Å². The lowest BCUT2D eigenvalue weighted by atomic mass is 9.84. The van der Waals surface area contributed by atoms with Crippen LogP contribution < -0.4 is 10.3 Å². The molecule has 2 aromatic heterocycles. The minimum Gasteiger partial charge on any atom is -0.496 e. The van der Waals surface area contributed by atoms with Gasteiger partial charge >= 0.3 is 5.97 Å². The molecule has 3 aromatic rings. The number of methoxy groups -OCH3 is 2. The summed E-state index contributed by atoms with van der Waals surface area (Å²) in [4.78, 5) is 25.3. The summed E-state index contributed by atoms with van der Waals surface area (Å²) in [5.41, 5.74) is 1.61. The Morgan fingerprint density at radius 1 is 1.26 bits per heavy atom. The molecule has 0 radical (unpaired) electrons. The van der Waals surface area contributed by atoms with Crippen LogP contribution in [0.2, 0.25) is 0 Å². The number of nitrogens with zero attached hydrogens (tertiary/aromatic N) is 2. The average Bonchev–Trinajstić information content (AvgIpc) is 2.98. The zero-order chi connectivity index (χ0) is 23.1. The maximum atomic E-state index is 13.4. The number of hydrogen-bond donors (Lipinski definition) is 1. The predicted octanol–water partition coefficient (Wildman–Crippen LogP) is 4.01. The van der Waals surface area contributed by atoms with E-state index >= 15 is 0 Å². The molecule has 166 valence electrons. The second-order valence-corrected chi connectivity index (χ2v) is 8.83. The van der Waals surface area contributed by atoms with Crippen molar-refractivity contribution in [3.63, 3.8) is 0 Å². The number of carbonyl (C=O) groups is 1. The monoisotopic (exact) mass is 490 g/mol. The Balaban J connectivity index is 2.31. The van der Waals surface area contributed by atoms with E-state index in [1.165, 1.54) is 0 Å². The summed E-state index contributed by atoms with van der Waals surface area (Å²) in [7, 11) is 5.09. The molecule has 0 aliphatic carbocycles. The number of fused-ring (bicyclic) bond motifs is 1. The van der Waals surface area contributed by atoms with Crippen LogP contribution in [0, 0.1) is 6.92 Å². The van der Waals surface area contributed by atoms with E-state index in [0.29, 0.717) is 23.5 Å². The SMILES string of the molecule is COc1ccccc1[C@H](Cc1cc(C(C)(C)C(=O)O)c(=O)n2c(C)c(Br)n(C)c12)OC. The molecule has 8 heteroatoms. The Hall–Kier alpha value is -2.58. The molecule has 0 spiro atoms. The highest BCUT2D eigenvalue weighted by atomic mass is 79.9. The molecule has 0 fully saturated rings. The summed E-state index contributed by atoms with van der Waals surface area (Å²) in [5, 5.41) is 9.78. The van der Waals surface area contributed by atoms with Crippen molar-refractivity contribution in [3.05, 3.63) is 67.7 Å². The number of rotatable bonds is 7. The average molecular weight is 491 g/mol. The van der Waals surface area contributed by atoms with Crippen LogP contribution in [0.4, 0.5) is 0 Å². The summed E-state index contributed by atoms with van der Waals surface area (Å²) in [6, 6.07) is 9.32. The van der Waals surface area contributed by atoms with Crippen molar-refractivity contribution in [1.82, 2.24) is 8.97 Å². The molecule has 1 aromatic carbocycles. The summed E-state index contributed by atoms with van der Waals surface area (Å²) in [6.07, 6.45) is 0.0693. The topological polar surface area (TPSA) is 82.2 Å². The van der Waals surface area contributed by atoms with E-state index in [9.17, 15) is 14.7 Å². The van der Waals surface area contributed by atoms with Crippen molar-refractivity contribution >= 4 is 27.5 Å². The molecule has 0 saturated carbocycles. The molecular weight excluding hydrogens is 464 g/mol. The van der Waals surface area contributed by atoms with Gasteiger partial charge in [-0.15, -0.1) is 0 Å². The van der Waals surface area contributed by atoms with E-state index in [1.54, 1.807) is 38.5 Å². The normalized spacial score (nSPS) is 12.9. The zero-order valence-electron chi connectivity index (χ0n) is 18.5. The molecule has 1 N–H and O–H groups in total. The van der Waals surface area contributed by atoms with Gasteiger partial charge in [-0.3, -0.25) is 14.0 Å². The minimum atomic E-state index is -1.35. The van der Waals surface area contributed by atoms with Gasteiger partial charge in [0.25, 0.3) is 5.56 Å². The number of pyridine rings is 1. The Morgan fingerprint density at radius 3 is 2.48 bits per heavy atom. The zero-order valence-corrected chi connectivity index (χ0v) is 20.1. The Morgan fingerprint density at radius 2 is 1.90 bits per heavy atom. The number of halogens is 1. The second kappa shape index (κ2) is 8.51. The lowest BCUT2D eigenvalue weighted by Crippen LogP contribution is -2.36. The van der Waals surface area contributed by atoms with Crippen molar-refractivity contribution in [2.24, 2.45) is 7.05 Å². The molecule has 0 aliphatic rings. The second-order valence-electron chi connectivity index (χ2n) is 8.08. The molecule has 0 saturated heterocycles. The fourth-order valence-electron chi connectivity index (χ4n) is 3.93. The number of hydrogen-bond acceptors (Lipinski definition) is 4. The van der Waals surface area contributed by atoms with Crippen molar-refractivity contribution < 1.29 is 19.4 Å². The van der Waals surface area contributed by atoms with E-state index in [0.717, 1.165) is 15.7 Å². The van der Waals surface area contributed by atoms with Crippen LogP contribution in [0.1, 0.15) is 42.3 Å². The molecular formula is C23H27BrN2O5. The van der Waals surface area contributed by atoms with Gasteiger partial charge in [0.15, 0.2) is 0 Å². The lowest BCUT2D eigenvalue weighted by Gasteiger charge is -2.23. The first-order valence-electron chi connectivity index (χ1n) is 9.85.